The summed E-state index contributed by atoms with van der Waals surface area (Å²) in [4.78, 5) is 0. The first-order valence-electron chi connectivity index (χ1n) is 5.12. The van der Waals surface area contributed by atoms with Crippen LogP contribution in [0, 0.1) is 13.8 Å². The van der Waals surface area contributed by atoms with E-state index < -0.39 is 0 Å². The lowest BCUT2D eigenvalue weighted by molar-refractivity contribution is 1.30. The van der Waals surface area contributed by atoms with Gasteiger partial charge in [-0.1, -0.05) is 30.3 Å². The zero-order chi connectivity index (χ0) is 11.7. The molecule has 0 heterocycles. The van der Waals surface area contributed by atoms with Gasteiger partial charge in [0.05, 0.1) is 0 Å². The average Bonchev–Trinajstić information content (AvgIpc) is 2.32. The fourth-order valence-electron chi connectivity index (χ4n) is 1.76. The Bertz CT molecular complexity index is 516. The molecule has 0 aliphatic heterocycles. The molecule has 82 valence electrons. The van der Waals surface area contributed by atoms with E-state index in [2.05, 4.69) is 76.0 Å². The van der Waals surface area contributed by atoms with Gasteiger partial charge in [-0.15, -0.1) is 0 Å². The number of halogens is 2. The number of hydrogen-bond acceptors (Lipinski definition) is 0. The van der Waals surface area contributed by atoms with Gasteiger partial charge in [0.2, 0.25) is 0 Å². The van der Waals surface area contributed by atoms with Crippen LogP contribution in [0.25, 0.3) is 11.1 Å². The van der Waals surface area contributed by atoms with Gasteiger partial charge in [0.1, 0.15) is 0 Å². The Morgan fingerprint density at radius 2 is 1.50 bits per heavy atom. The zero-order valence-corrected chi connectivity index (χ0v) is 12.4. The van der Waals surface area contributed by atoms with E-state index >= 15 is 0 Å². The molecule has 2 heteroatoms. The van der Waals surface area contributed by atoms with Gasteiger partial charge in [-0.3, -0.25) is 0 Å². The van der Waals surface area contributed by atoms with Crippen LogP contribution in [0.2, 0.25) is 0 Å². The minimum atomic E-state index is 1.11. The predicted octanol–water partition coefficient (Wildman–Crippen LogP) is 5.50. The van der Waals surface area contributed by atoms with Gasteiger partial charge in [0.25, 0.3) is 0 Å². The maximum absolute atomic E-state index is 3.59. The molecule has 0 unspecified atom stereocenters. The highest BCUT2D eigenvalue weighted by Gasteiger charge is 2.09. The van der Waals surface area contributed by atoms with E-state index in [0.29, 0.717) is 0 Å². The molecule has 2 aromatic rings. The van der Waals surface area contributed by atoms with Crippen molar-refractivity contribution in [3.63, 3.8) is 0 Å². The van der Waals surface area contributed by atoms with Crippen molar-refractivity contribution in [1.82, 2.24) is 0 Å². The summed E-state index contributed by atoms with van der Waals surface area (Å²) >= 11 is 7.17. The van der Waals surface area contributed by atoms with Crippen molar-refractivity contribution in [2.75, 3.05) is 0 Å². The molecule has 0 N–H and O–H groups in total. The molecule has 0 amide bonds. The molecule has 0 saturated carbocycles. The van der Waals surface area contributed by atoms with Crippen LogP contribution in [0.1, 0.15) is 11.1 Å². The van der Waals surface area contributed by atoms with E-state index in [9.17, 15) is 0 Å². The molecule has 0 aromatic heterocycles. The number of hydrogen-bond donors (Lipinski definition) is 0. The first-order chi connectivity index (χ1) is 7.61. The Morgan fingerprint density at radius 1 is 0.875 bits per heavy atom. The van der Waals surface area contributed by atoms with Crippen LogP contribution in [-0.4, -0.2) is 0 Å². The van der Waals surface area contributed by atoms with Crippen molar-refractivity contribution in [1.29, 1.82) is 0 Å². The highest BCUT2D eigenvalue weighted by Crippen LogP contribution is 2.35. The molecule has 0 aliphatic rings. The second-order valence-electron chi connectivity index (χ2n) is 3.84. The van der Waals surface area contributed by atoms with Gasteiger partial charge in [-0.25, -0.2) is 0 Å². The van der Waals surface area contributed by atoms with Crippen molar-refractivity contribution < 1.29 is 0 Å². The molecular formula is C14H12Br2. The van der Waals surface area contributed by atoms with Gasteiger partial charge in [-0.05, 0) is 74.0 Å². The maximum Gasteiger partial charge on any atom is 0.0349 e. The second kappa shape index (κ2) is 4.72. The topological polar surface area (TPSA) is 0 Å². The smallest absolute Gasteiger partial charge is 0.0349 e. The predicted molar refractivity (Wildman–Crippen MR) is 76.8 cm³/mol. The third kappa shape index (κ3) is 2.09. The van der Waals surface area contributed by atoms with E-state index in [1.54, 1.807) is 0 Å². The SMILES string of the molecule is Cc1c(-c2ccccc2)cc(Br)c(Br)c1C. The normalized spacial score (nSPS) is 10.5. The first kappa shape index (κ1) is 11.9. The quantitative estimate of drug-likeness (QED) is 0.644. The van der Waals surface area contributed by atoms with Gasteiger partial charge in [0.15, 0.2) is 0 Å². The van der Waals surface area contributed by atoms with Crippen LogP contribution in [0.3, 0.4) is 0 Å². The van der Waals surface area contributed by atoms with E-state index in [-0.39, 0.29) is 0 Å². The van der Waals surface area contributed by atoms with Crippen molar-refractivity contribution in [3.05, 3.63) is 56.5 Å². The zero-order valence-electron chi connectivity index (χ0n) is 9.22. The van der Waals surface area contributed by atoms with E-state index in [0.717, 1.165) is 8.95 Å². The lowest BCUT2D eigenvalue weighted by Crippen LogP contribution is -1.90. The summed E-state index contributed by atoms with van der Waals surface area (Å²) in [5.74, 6) is 0. The number of rotatable bonds is 1. The molecule has 0 aliphatic carbocycles. The summed E-state index contributed by atoms with van der Waals surface area (Å²) in [6, 6.07) is 12.6. The molecule has 0 spiro atoms. The summed E-state index contributed by atoms with van der Waals surface area (Å²) in [6.07, 6.45) is 0. The van der Waals surface area contributed by atoms with Crippen molar-refractivity contribution >= 4 is 31.9 Å². The summed E-state index contributed by atoms with van der Waals surface area (Å²) in [5.41, 5.74) is 5.15. The second-order valence-corrected chi connectivity index (χ2v) is 5.48. The Hall–Kier alpha value is -0.600. The van der Waals surface area contributed by atoms with Crippen LogP contribution in [0.5, 0.6) is 0 Å². The monoisotopic (exact) mass is 338 g/mol. The fraction of sp³-hybridized carbons (Fsp3) is 0.143. The fourth-order valence-corrected chi connectivity index (χ4v) is 2.70. The average molecular weight is 340 g/mol. The highest BCUT2D eigenvalue weighted by atomic mass is 79.9. The molecule has 0 atom stereocenters. The molecule has 2 aromatic carbocycles. The van der Waals surface area contributed by atoms with Gasteiger partial charge in [-0.2, -0.15) is 0 Å². The minimum Gasteiger partial charge on any atom is -0.0622 e. The van der Waals surface area contributed by atoms with Crippen LogP contribution in [0.15, 0.2) is 45.3 Å². The molecule has 2 rings (SSSR count). The van der Waals surface area contributed by atoms with Crippen LogP contribution in [0.4, 0.5) is 0 Å². The Kier molecular flexibility index (Phi) is 3.50. The van der Waals surface area contributed by atoms with E-state index in [1.807, 2.05) is 6.07 Å². The summed E-state index contributed by atoms with van der Waals surface area (Å²) in [7, 11) is 0. The summed E-state index contributed by atoms with van der Waals surface area (Å²) < 4.78 is 2.25. The van der Waals surface area contributed by atoms with Crippen LogP contribution < -0.4 is 0 Å². The lowest BCUT2D eigenvalue weighted by atomic mass is 9.97. The van der Waals surface area contributed by atoms with Crippen LogP contribution in [-0.2, 0) is 0 Å². The van der Waals surface area contributed by atoms with Crippen molar-refractivity contribution in [3.8, 4) is 11.1 Å². The standard InChI is InChI=1S/C14H12Br2/c1-9-10(2)14(16)13(15)8-12(9)11-6-4-3-5-7-11/h3-8H,1-2H3. The van der Waals surface area contributed by atoms with Crippen LogP contribution >= 0.6 is 31.9 Å². The van der Waals surface area contributed by atoms with Gasteiger partial charge in [0, 0.05) is 8.95 Å². The Labute approximate surface area is 113 Å². The minimum absolute atomic E-state index is 1.11. The lowest BCUT2D eigenvalue weighted by Gasteiger charge is -2.12. The highest BCUT2D eigenvalue weighted by molar-refractivity contribution is 9.13. The van der Waals surface area contributed by atoms with Gasteiger partial charge >= 0.3 is 0 Å². The molecule has 0 fully saturated rings. The molecule has 16 heavy (non-hydrogen) atoms. The molecule has 0 saturated heterocycles. The van der Waals surface area contributed by atoms with Crippen molar-refractivity contribution in [2.45, 2.75) is 13.8 Å². The Morgan fingerprint density at radius 3 is 2.12 bits per heavy atom. The largest absolute Gasteiger partial charge is 0.0622 e. The number of benzene rings is 2. The summed E-state index contributed by atoms with van der Waals surface area (Å²) in [5, 5.41) is 0. The first-order valence-corrected chi connectivity index (χ1v) is 6.70. The maximum atomic E-state index is 3.59. The molecular weight excluding hydrogens is 328 g/mol. The van der Waals surface area contributed by atoms with Crippen molar-refractivity contribution in [2.24, 2.45) is 0 Å². The third-order valence-electron chi connectivity index (χ3n) is 2.86. The molecule has 0 radical (unpaired) electrons. The Balaban J connectivity index is 2.68. The van der Waals surface area contributed by atoms with Gasteiger partial charge < -0.3 is 0 Å². The van der Waals surface area contributed by atoms with E-state index in [4.69, 9.17) is 0 Å². The summed E-state index contributed by atoms with van der Waals surface area (Å²) in [6.45, 7) is 4.30. The molecule has 0 bridgehead atoms. The van der Waals surface area contributed by atoms with E-state index in [1.165, 1.54) is 22.3 Å². The third-order valence-corrected chi connectivity index (χ3v) is 5.04. The molecule has 0 nitrogen and oxygen atoms in total.